The molecule has 0 bridgehead atoms. The molecule has 0 atom stereocenters. The van der Waals surface area contributed by atoms with Crippen LogP contribution in [0.5, 0.6) is 5.75 Å². The van der Waals surface area contributed by atoms with Crippen LogP contribution in [-0.4, -0.2) is 0 Å². The third-order valence-electron chi connectivity index (χ3n) is 2.29. The highest BCUT2D eigenvalue weighted by atomic mass is 19.1. The Hall–Kier alpha value is -2.10. The van der Waals surface area contributed by atoms with Gasteiger partial charge in [0, 0.05) is 12.1 Å². The Morgan fingerprint density at radius 3 is 2.41 bits per heavy atom. The van der Waals surface area contributed by atoms with Crippen molar-refractivity contribution in [2.75, 3.05) is 5.73 Å². The summed E-state index contributed by atoms with van der Waals surface area (Å²) in [6.07, 6.45) is 0. The molecule has 2 nitrogen and oxygen atoms in total. The van der Waals surface area contributed by atoms with Crippen molar-refractivity contribution in [1.82, 2.24) is 0 Å². The van der Waals surface area contributed by atoms with Crippen molar-refractivity contribution in [3.63, 3.8) is 0 Å². The molecule has 0 spiro atoms. The van der Waals surface area contributed by atoms with Crippen LogP contribution in [0, 0.1) is 11.6 Å². The molecule has 0 saturated carbocycles. The standard InChI is InChI=1S/C13H11F2NO/c14-10-7-13(11(15)6-12(10)16)17-8-9-4-2-1-3-5-9/h1-7H,8,16H2. The first-order valence-corrected chi connectivity index (χ1v) is 5.08. The number of halogens is 2. The fourth-order valence-corrected chi connectivity index (χ4v) is 1.39. The SMILES string of the molecule is Nc1cc(F)c(OCc2ccccc2)cc1F. The highest BCUT2D eigenvalue weighted by molar-refractivity contribution is 5.44. The quantitative estimate of drug-likeness (QED) is 0.829. The molecule has 2 N–H and O–H groups in total. The fraction of sp³-hybridized carbons (Fsp3) is 0.0769. The minimum Gasteiger partial charge on any atom is -0.486 e. The molecule has 2 aromatic carbocycles. The van der Waals surface area contributed by atoms with Crippen molar-refractivity contribution in [1.29, 1.82) is 0 Å². The van der Waals surface area contributed by atoms with Gasteiger partial charge in [-0.3, -0.25) is 0 Å². The summed E-state index contributed by atoms with van der Waals surface area (Å²) in [5.74, 6) is -1.49. The summed E-state index contributed by atoms with van der Waals surface area (Å²) < 4.78 is 31.7. The van der Waals surface area contributed by atoms with Gasteiger partial charge in [-0.2, -0.15) is 0 Å². The Kier molecular flexibility index (Phi) is 3.23. The Bertz CT molecular complexity index is 514. The lowest BCUT2D eigenvalue weighted by molar-refractivity contribution is 0.288. The van der Waals surface area contributed by atoms with Crippen LogP contribution in [0.4, 0.5) is 14.5 Å². The zero-order valence-electron chi connectivity index (χ0n) is 8.99. The Morgan fingerprint density at radius 1 is 1.00 bits per heavy atom. The molecule has 0 heterocycles. The lowest BCUT2D eigenvalue weighted by Crippen LogP contribution is -2.00. The van der Waals surface area contributed by atoms with Crippen molar-refractivity contribution in [3.8, 4) is 5.75 Å². The fourth-order valence-electron chi connectivity index (χ4n) is 1.39. The predicted octanol–water partition coefficient (Wildman–Crippen LogP) is 3.13. The molecular formula is C13H11F2NO. The summed E-state index contributed by atoms with van der Waals surface area (Å²) in [4.78, 5) is 0. The molecule has 88 valence electrons. The van der Waals surface area contributed by atoms with Gasteiger partial charge in [0.2, 0.25) is 0 Å². The lowest BCUT2D eigenvalue weighted by Gasteiger charge is -2.08. The van der Waals surface area contributed by atoms with Gasteiger partial charge in [-0.25, -0.2) is 8.78 Å². The van der Waals surface area contributed by atoms with E-state index in [9.17, 15) is 8.78 Å². The van der Waals surface area contributed by atoms with Crippen LogP contribution < -0.4 is 10.5 Å². The van der Waals surface area contributed by atoms with E-state index in [-0.39, 0.29) is 18.0 Å². The number of ether oxygens (including phenoxy) is 1. The van der Waals surface area contributed by atoms with E-state index >= 15 is 0 Å². The second-order valence-electron chi connectivity index (χ2n) is 3.58. The number of nitrogen functional groups attached to an aromatic ring is 1. The van der Waals surface area contributed by atoms with Gasteiger partial charge in [0.25, 0.3) is 0 Å². The molecule has 0 amide bonds. The third kappa shape index (κ3) is 2.72. The summed E-state index contributed by atoms with van der Waals surface area (Å²) in [7, 11) is 0. The maximum absolute atomic E-state index is 13.4. The van der Waals surface area contributed by atoms with Gasteiger partial charge >= 0.3 is 0 Å². The molecule has 0 aromatic heterocycles. The number of anilines is 1. The second-order valence-corrected chi connectivity index (χ2v) is 3.58. The average Bonchev–Trinajstić information content (AvgIpc) is 2.33. The number of rotatable bonds is 3. The molecule has 2 rings (SSSR count). The molecule has 0 fully saturated rings. The van der Waals surface area contributed by atoms with E-state index in [0.717, 1.165) is 17.7 Å². The maximum Gasteiger partial charge on any atom is 0.167 e. The molecular weight excluding hydrogens is 224 g/mol. The molecule has 0 unspecified atom stereocenters. The van der Waals surface area contributed by atoms with Gasteiger partial charge in [0.05, 0.1) is 5.69 Å². The van der Waals surface area contributed by atoms with Gasteiger partial charge in [-0.05, 0) is 5.56 Å². The minimum absolute atomic E-state index is 0.138. The van der Waals surface area contributed by atoms with E-state index in [1.807, 2.05) is 30.3 Å². The largest absolute Gasteiger partial charge is 0.486 e. The number of benzene rings is 2. The van der Waals surface area contributed by atoms with E-state index in [4.69, 9.17) is 10.5 Å². The van der Waals surface area contributed by atoms with Crippen LogP contribution in [0.2, 0.25) is 0 Å². The molecule has 0 aliphatic rings. The molecule has 4 heteroatoms. The topological polar surface area (TPSA) is 35.2 Å². The third-order valence-corrected chi connectivity index (χ3v) is 2.29. The van der Waals surface area contributed by atoms with Gasteiger partial charge in [0.15, 0.2) is 11.6 Å². The highest BCUT2D eigenvalue weighted by Gasteiger charge is 2.08. The molecule has 17 heavy (non-hydrogen) atoms. The summed E-state index contributed by atoms with van der Waals surface area (Å²) >= 11 is 0. The maximum atomic E-state index is 13.4. The average molecular weight is 235 g/mol. The van der Waals surface area contributed by atoms with E-state index in [2.05, 4.69) is 0 Å². The number of hydrogen-bond donors (Lipinski definition) is 1. The summed E-state index contributed by atoms with van der Waals surface area (Å²) in [6, 6.07) is 11.1. The van der Waals surface area contributed by atoms with Gasteiger partial charge < -0.3 is 10.5 Å². The van der Waals surface area contributed by atoms with Gasteiger partial charge in [0.1, 0.15) is 12.4 Å². The molecule has 0 aliphatic carbocycles. The Morgan fingerprint density at radius 2 is 1.71 bits per heavy atom. The lowest BCUT2D eigenvalue weighted by atomic mass is 10.2. The van der Waals surface area contributed by atoms with Crippen LogP contribution >= 0.6 is 0 Å². The summed E-state index contributed by atoms with van der Waals surface area (Å²) in [6.45, 7) is 0.182. The Labute approximate surface area is 97.6 Å². The van der Waals surface area contributed by atoms with Crippen molar-refractivity contribution >= 4 is 5.69 Å². The molecule has 0 saturated heterocycles. The van der Waals surface area contributed by atoms with Crippen LogP contribution in [-0.2, 0) is 6.61 Å². The molecule has 0 aliphatic heterocycles. The van der Waals surface area contributed by atoms with Gasteiger partial charge in [-0.15, -0.1) is 0 Å². The number of hydrogen-bond acceptors (Lipinski definition) is 2. The zero-order valence-corrected chi connectivity index (χ0v) is 8.99. The normalized spacial score (nSPS) is 10.2. The van der Waals surface area contributed by atoms with Crippen molar-refractivity contribution in [2.24, 2.45) is 0 Å². The van der Waals surface area contributed by atoms with Crippen LogP contribution in [0.1, 0.15) is 5.56 Å². The van der Waals surface area contributed by atoms with Gasteiger partial charge in [-0.1, -0.05) is 30.3 Å². The van der Waals surface area contributed by atoms with Crippen molar-refractivity contribution in [2.45, 2.75) is 6.61 Å². The smallest absolute Gasteiger partial charge is 0.167 e. The first-order valence-electron chi connectivity index (χ1n) is 5.08. The molecule has 2 aromatic rings. The highest BCUT2D eigenvalue weighted by Crippen LogP contribution is 2.23. The minimum atomic E-state index is -0.686. The van der Waals surface area contributed by atoms with E-state index in [0.29, 0.717) is 0 Å². The predicted molar refractivity (Wildman–Crippen MR) is 61.5 cm³/mol. The van der Waals surface area contributed by atoms with E-state index in [1.165, 1.54) is 0 Å². The monoisotopic (exact) mass is 235 g/mol. The van der Waals surface area contributed by atoms with E-state index < -0.39 is 11.6 Å². The first-order chi connectivity index (χ1) is 8.16. The molecule has 0 radical (unpaired) electrons. The van der Waals surface area contributed by atoms with Crippen molar-refractivity contribution in [3.05, 3.63) is 59.7 Å². The van der Waals surface area contributed by atoms with Crippen molar-refractivity contribution < 1.29 is 13.5 Å². The summed E-state index contributed by atoms with van der Waals surface area (Å²) in [5, 5.41) is 0. The first kappa shape index (κ1) is 11.4. The van der Waals surface area contributed by atoms with Crippen LogP contribution in [0.15, 0.2) is 42.5 Å². The second kappa shape index (κ2) is 4.82. The zero-order chi connectivity index (χ0) is 12.3. The number of nitrogens with two attached hydrogens (primary N) is 1. The summed E-state index contributed by atoms with van der Waals surface area (Å²) in [5.41, 5.74) is 5.88. The Balaban J connectivity index is 2.12. The van der Waals surface area contributed by atoms with Crippen LogP contribution in [0.25, 0.3) is 0 Å². The van der Waals surface area contributed by atoms with Crippen LogP contribution in [0.3, 0.4) is 0 Å². The van der Waals surface area contributed by atoms with E-state index in [1.54, 1.807) is 0 Å².